The number of methoxy groups -OCH3 is 1. The first-order chi connectivity index (χ1) is 13.7. The van der Waals surface area contributed by atoms with Crippen LogP contribution in [-0.4, -0.2) is 46.9 Å². The molecule has 0 spiro atoms. The molecule has 0 aliphatic carbocycles. The molecule has 7 nitrogen and oxygen atoms in total. The Morgan fingerprint density at radius 1 is 1.21 bits per heavy atom. The number of carbonyl (C=O) groups is 1. The van der Waals surface area contributed by atoms with Crippen molar-refractivity contribution in [1.82, 2.24) is 10.0 Å². The number of nitrogens with one attached hydrogen (secondary N) is 2. The lowest BCUT2D eigenvalue weighted by Gasteiger charge is -2.22. The van der Waals surface area contributed by atoms with Crippen molar-refractivity contribution >= 4 is 15.9 Å². The van der Waals surface area contributed by atoms with Crippen molar-refractivity contribution in [3.8, 4) is 23.3 Å². The molecule has 0 aliphatic rings. The Hall–Kier alpha value is -2.24. The summed E-state index contributed by atoms with van der Waals surface area (Å²) in [5.74, 6) is 6.62. The Morgan fingerprint density at radius 3 is 2.52 bits per heavy atom. The SMILES string of the molecule is CCC#CCOc1ccc(CCNC(=O)[C@@H](NS(C)(=O)=O)[C@@H](C)CC)cc1OC. The molecule has 0 bridgehead atoms. The molecule has 0 aromatic heterocycles. The van der Waals surface area contributed by atoms with E-state index in [2.05, 4.69) is 21.9 Å². The van der Waals surface area contributed by atoms with E-state index in [1.165, 1.54) is 0 Å². The van der Waals surface area contributed by atoms with E-state index >= 15 is 0 Å². The highest BCUT2D eigenvalue weighted by Crippen LogP contribution is 2.28. The maximum Gasteiger partial charge on any atom is 0.238 e. The van der Waals surface area contributed by atoms with Gasteiger partial charge >= 0.3 is 0 Å². The Morgan fingerprint density at radius 2 is 1.93 bits per heavy atom. The number of sulfonamides is 1. The Balaban J connectivity index is 2.68. The van der Waals surface area contributed by atoms with Crippen LogP contribution >= 0.6 is 0 Å². The number of carbonyl (C=O) groups excluding carboxylic acids is 1. The van der Waals surface area contributed by atoms with Gasteiger partial charge in [-0.05, 0) is 30.0 Å². The molecule has 0 saturated carbocycles. The number of benzene rings is 1. The van der Waals surface area contributed by atoms with E-state index < -0.39 is 16.1 Å². The molecule has 162 valence electrons. The van der Waals surface area contributed by atoms with Crippen LogP contribution in [0.15, 0.2) is 18.2 Å². The fourth-order valence-corrected chi connectivity index (χ4v) is 3.41. The maximum atomic E-state index is 12.5. The summed E-state index contributed by atoms with van der Waals surface area (Å²) < 4.78 is 36.5. The van der Waals surface area contributed by atoms with Gasteiger partial charge < -0.3 is 14.8 Å². The number of hydrogen-bond donors (Lipinski definition) is 2. The molecule has 2 atom stereocenters. The minimum absolute atomic E-state index is 0.114. The van der Waals surface area contributed by atoms with Crippen molar-refractivity contribution in [3.05, 3.63) is 23.8 Å². The van der Waals surface area contributed by atoms with Gasteiger partial charge in [0.05, 0.1) is 13.4 Å². The highest BCUT2D eigenvalue weighted by molar-refractivity contribution is 7.88. The van der Waals surface area contributed by atoms with E-state index in [4.69, 9.17) is 9.47 Å². The van der Waals surface area contributed by atoms with Crippen LogP contribution in [0.2, 0.25) is 0 Å². The summed E-state index contributed by atoms with van der Waals surface area (Å²) in [5.41, 5.74) is 0.963. The van der Waals surface area contributed by atoms with Crippen LogP contribution in [-0.2, 0) is 21.2 Å². The quantitative estimate of drug-likeness (QED) is 0.531. The topological polar surface area (TPSA) is 93.7 Å². The van der Waals surface area contributed by atoms with Crippen molar-refractivity contribution < 1.29 is 22.7 Å². The normalized spacial score (nSPS) is 13.0. The lowest BCUT2D eigenvalue weighted by atomic mass is 9.99. The predicted octanol–water partition coefficient (Wildman–Crippen LogP) is 2.11. The van der Waals surface area contributed by atoms with Crippen molar-refractivity contribution in [2.24, 2.45) is 5.92 Å². The molecule has 1 amide bonds. The molecule has 1 aromatic carbocycles. The summed E-state index contributed by atoms with van der Waals surface area (Å²) in [6.45, 7) is 6.41. The fraction of sp³-hybridized carbons (Fsp3) is 0.571. The first-order valence-corrected chi connectivity index (χ1v) is 11.6. The van der Waals surface area contributed by atoms with Crippen molar-refractivity contribution in [2.75, 3.05) is 26.5 Å². The lowest BCUT2D eigenvalue weighted by Crippen LogP contribution is -2.50. The average Bonchev–Trinajstić information content (AvgIpc) is 2.68. The highest BCUT2D eigenvalue weighted by atomic mass is 32.2. The van der Waals surface area contributed by atoms with Gasteiger partial charge in [-0.2, -0.15) is 0 Å². The Kier molecular flexibility index (Phi) is 10.6. The number of rotatable bonds is 11. The molecule has 0 fully saturated rings. The molecule has 0 unspecified atom stereocenters. The van der Waals surface area contributed by atoms with Gasteiger partial charge in [-0.3, -0.25) is 4.79 Å². The van der Waals surface area contributed by atoms with E-state index in [0.29, 0.717) is 37.5 Å². The first kappa shape index (κ1) is 24.8. The summed E-state index contributed by atoms with van der Waals surface area (Å²) in [7, 11) is -1.91. The largest absolute Gasteiger partial charge is 0.493 e. The molecule has 1 rings (SSSR count). The van der Waals surface area contributed by atoms with Gasteiger partial charge in [0.15, 0.2) is 11.5 Å². The Labute approximate surface area is 174 Å². The van der Waals surface area contributed by atoms with E-state index in [-0.39, 0.29) is 11.8 Å². The van der Waals surface area contributed by atoms with Gasteiger partial charge in [-0.1, -0.05) is 39.2 Å². The van der Waals surface area contributed by atoms with Crippen molar-refractivity contribution in [3.63, 3.8) is 0 Å². The van der Waals surface area contributed by atoms with Crippen LogP contribution in [0.5, 0.6) is 11.5 Å². The molecular weight excluding hydrogens is 392 g/mol. The van der Waals surface area contributed by atoms with Crippen LogP contribution in [0.4, 0.5) is 0 Å². The molecule has 1 aromatic rings. The molecule has 29 heavy (non-hydrogen) atoms. The fourth-order valence-electron chi connectivity index (χ4n) is 2.61. The second kappa shape index (κ2) is 12.3. The van der Waals surface area contributed by atoms with Crippen molar-refractivity contribution in [1.29, 1.82) is 0 Å². The number of amides is 1. The van der Waals surface area contributed by atoms with Crippen LogP contribution in [0.25, 0.3) is 0 Å². The molecule has 8 heteroatoms. The third kappa shape index (κ3) is 9.20. The molecule has 0 aliphatic heterocycles. The van der Waals surface area contributed by atoms with Gasteiger partial charge in [0.1, 0.15) is 12.6 Å². The lowest BCUT2D eigenvalue weighted by molar-refractivity contribution is -0.123. The van der Waals surface area contributed by atoms with E-state index in [0.717, 1.165) is 18.2 Å². The third-order valence-electron chi connectivity index (χ3n) is 4.38. The zero-order valence-electron chi connectivity index (χ0n) is 17.9. The molecule has 2 N–H and O–H groups in total. The average molecular weight is 425 g/mol. The van der Waals surface area contributed by atoms with Crippen LogP contribution in [0.3, 0.4) is 0 Å². The standard InChI is InChI=1S/C21H32N2O5S/c1-6-8-9-14-28-18-11-10-17(15-19(18)27-4)12-13-22-21(24)20(16(3)7-2)23-29(5,25)26/h10-11,15-16,20,23H,6-7,12-14H2,1-5H3,(H,22,24)/t16-,20-/m0/s1. The molecule has 0 radical (unpaired) electrons. The van der Waals surface area contributed by atoms with Crippen LogP contribution < -0.4 is 19.5 Å². The summed E-state index contributed by atoms with van der Waals surface area (Å²) in [5, 5.41) is 2.81. The van der Waals surface area contributed by atoms with Crippen LogP contribution in [0.1, 0.15) is 39.2 Å². The van der Waals surface area contributed by atoms with Gasteiger partial charge in [-0.25, -0.2) is 13.1 Å². The highest BCUT2D eigenvalue weighted by Gasteiger charge is 2.26. The second-order valence-electron chi connectivity index (χ2n) is 6.78. The monoisotopic (exact) mass is 424 g/mol. The summed E-state index contributed by atoms with van der Waals surface area (Å²) >= 11 is 0. The van der Waals surface area contributed by atoms with Crippen LogP contribution in [0, 0.1) is 17.8 Å². The molecule has 0 heterocycles. The zero-order chi connectivity index (χ0) is 21.9. The van der Waals surface area contributed by atoms with Gasteiger partial charge in [0.2, 0.25) is 15.9 Å². The molecule has 0 saturated heterocycles. The van der Waals surface area contributed by atoms with E-state index in [1.54, 1.807) is 7.11 Å². The first-order valence-electron chi connectivity index (χ1n) is 9.72. The predicted molar refractivity (Wildman–Crippen MR) is 114 cm³/mol. The Bertz CT molecular complexity index is 827. The van der Waals surface area contributed by atoms with Gasteiger partial charge in [0.25, 0.3) is 0 Å². The minimum Gasteiger partial charge on any atom is -0.493 e. The third-order valence-corrected chi connectivity index (χ3v) is 5.06. The zero-order valence-corrected chi connectivity index (χ0v) is 18.7. The summed E-state index contributed by atoms with van der Waals surface area (Å²) in [6, 6.07) is 4.79. The van der Waals surface area contributed by atoms with E-state index in [9.17, 15) is 13.2 Å². The smallest absolute Gasteiger partial charge is 0.238 e. The molecular formula is C21H32N2O5S. The maximum absolute atomic E-state index is 12.5. The van der Waals surface area contributed by atoms with Gasteiger partial charge in [0, 0.05) is 13.0 Å². The number of ether oxygens (including phenoxy) is 2. The van der Waals surface area contributed by atoms with E-state index in [1.807, 2.05) is 39.0 Å². The van der Waals surface area contributed by atoms with Crippen molar-refractivity contribution in [2.45, 2.75) is 46.1 Å². The van der Waals surface area contributed by atoms with Gasteiger partial charge in [-0.15, -0.1) is 5.92 Å². The summed E-state index contributed by atoms with van der Waals surface area (Å²) in [6.07, 6.45) is 3.09. The summed E-state index contributed by atoms with van der Waals surface area (Å²) in [4.78, 5) is 12.5. The minimum atomic E-state index is -3.48. The number of hydrogen-bond acceptors (Lipinski definition) is 5. The second-order valence-corrected chi connectivity index (χ2v) is 8.56.